The average Bonchev–Trinajstić information content (AvgIpc) is 3.48. The maximum absolute atomic E-state index is 12.6. The first-order valence-corrected chi connectivity index (χ1v) is 11.6. The van der Waals surface area contributed by atoms with Crippen molar-refractivity contribution in [3.05, 3.63) is 36.0 Å². The van der Waals surface area contributed by atoms with Crippen LogP contribution in [0.15, 0.2) is 30.5 Å². The van der Waals surface area contributed by atoms with Crippen LogP contribution in [0.5, 0.6) is 0 Å². The van der Waals surface area contributed by atoms with E-state index in [4.69, 9.17) is 4.74 Å². The molecule has 1 aromatic heterocycles. The number of hydrogen-bond acceptors (Lipinski definition) is 4. The molecular formula is C24H34N4O2. The minimum absolute atomic E-state index is 0.0609. The fourth-order valence-electron chi connectivity index (χ4n) is 5.51. The highest BCUT2D eigenvalue weighted by Gasteiger charge is 2.34. The summed E-state index contributed by atoms with van der Waals surface area (Å²) < 4.78 is 7.74. The zero-order chi connectivity index (χ0) is 20.5. The summed E-state index contributed by atoms with van der Waals surface area (Å²) in [7, 11) is 0. The van der Waals surface area contributed by atoms with Gasteiger partial charge in [-0.2, -0.15) is 0 Å². The van der Waals surface area contributed by atoms with Gasteiger partial charge in [-0.15, -0.1) is 0 Å². The molecule has 0 saturated carbocycles. The summed E-state index contributed by atoms with van der Waals surface area (Å²) in [5.74, 6) is 0.0609. The Balaban J connectivity index is 1.29. The van der Waals surface area contributed by atoms with Gasteiger partial charge in [0.25, 0.3) is 0 Å². The Morgan fingerprint density at radius 2 is 2.10 bits per heavy atom. The van der Waals surface area contributed by atoms with E-state index in [1.54, 1.807) is 0 Å². The second-order valence-electron chi connectivity index (χ2n) is 9.31. The van der Waals surface area contributed by atoms with E-state index in [-0.39, 0.29) is 12.0 Å². The van der Waals surface area contributed by atoms with Crippen LogP contribution in [-0.4, -0.2) is 71.2 Å². The number of aromatic nitrogens is 1. The summed E-state index contributed by atoms with van der Waals surface area (Å²) in [6.07, 6.45) is 7.19. The Hall–Kier alpha value is -1.89. The predicted molar refractivity (Wildman–Crippen MR) is 118 cm³/mol. The van der Waals surface area contributed by atoms with Crippen molar-refractivity contribution in [1.82, 2.24) is 19.7 Å². The van der Waals surface area contributed by atoms with Crippen molar-refractivity contribution >= 4 is 16.8 Å². The highest BCUT2D eigenvalue weighted by atomic mass is 16.5. The molecule has 3 saturated heterocycles. The van der Waals surface area contributed by atoms with Gasteiger partial charge in [-0.3, -0.25) is 14.6 Å². The third kappa shape index (κ3) is 4.13. The van der Waals surface area contributed by atoms with Gasteiger partial charge in [0.1, 0.15) is 6.54 Å². The number of carbonyl (C=O) groups excluding carboxylic acids is 1. The molecule has 2 aromatic rings. The summed E-state index contributed by atoms with van der Waals surface area (Å²) in [6, 6.07) is 9.78. The molecule has 1 amide bonds. The number of nitrogens with one attached hydrogen (secondary N) is 1. The number of nitrogens with zero attached hydrogens (tertiary/aromatic N) is 3. The lowest BCUT2D eigenvalue weighted by atomic mass is 10.1. The molecule has 0 radical (unpaired) electrons. The molecule has 0 spiro atoms. The van der Waals surface area contributed by atoms with Gasteiger partial charge < -0.3 is 14.6 Å². The van der Waals surface area contributed by atoms with Crippen molar-refractivity contribution in [1.29, 1.82) is 0 Å². The van der Waals surface area contributed by atoms with Crippen LogP contribution in [0.4, 0.5) is 0 Å². The van der Waals surface area contributed by atoms with Gasteiger partial charge in [-0.05, 0) is 50.8 Å². The van der Waals surface area contributed by atoms with Crippen LogP contribution < -0.4 is 5.32 Å². The van der Waals surface area contributed by atoms with E-state index in [1.807, 2.05) is 0 Å². The van der Waals surface area contributed by atoms with E-state index >= 15 is 0 Å². The van der Waals surface area contributed by atoms with Gasteiger partial charge in [0.15, 0.2) is 0 Å². The zero-order valence-electron chi connectivity index (χ0n) is 18.1. The fraction of sp³-hybridized carbons (Fsp3) is 0.625. The van der Waals surface area contributed by atoms with Crippen LogP contribution in [-0.2, 0) is 22.6 Å². The van der Waals surface area contributed by atoms with Crippen LogP contribution >= 0.6 is 0 Å². The lowest BCUT2D eigenvalue weighted by Gasteiger charge is -2.42. The molecule has 1 N–H and O–H groups in total. The van der Waals surface area contributed by atoms with E-state index in [0.717, 1.165) is 44.1 Å². The van der Waals surface area contributed by atoms with Crippen molar-refractivity contribution in [3.63, 3.8) is 0 Å². The molecule has 4 heterocycles. The minimum atomic E-state index is 0.0609. The van der Waals surface area contributed by atoms with Gasteiger partial charge in [0.05, 0.1) is 6.10 Å². The first kappa shape index (κ1) is 20.0. The van der Waals surface area contributed by atoms with Crippen LogP contribution in [0.3, 0.4) is 0 Å². The molecular weight excluding hydrogens is 376 g/mol. The van der Waals surface area contributed by atoms with Gasteiger partial charge in [-0.1, -0.05) is 18.2 Å². The molecule has 0 bridgehead atoms. The Morgan fingerprint density at radius 3 is 2.97 bits per heavy atom. The number of fused-ring (bicyclic) bond motifs is 2. The lowest BCUT2D eigenvalue weighted by Crippen LogP contribution is -2.54. The molecule has 0 unspecified atom stereocenters. The molecule has 30 heavy (non-hydrogen) atoms. The summed E-state index contributed by atoms with van der Waals surface area (Å²) in [4.78, 5) is 17.9. The predicted octanol–water partition coefficient (Wildman–Crippen LogP) is 2.61. The topological polar surface area (TPSA) is 49.7 Å². The smallest absolute Gasteiger partial charge is 0.240 e. The van der Waals surface area contributed by atoms with Crippen molar-refractivity contribution in [3.8, 4) is 0 Å². The molecule has 3 aliphatic heterocycles. The van der Waals surface area contributed by atoms with Crippen LogP contribution in [0, 0.1) is 0 Å². The summed E-state index contributed by atoms with van der Waals surface area (Å²) in [5, 5.41) is 4.33. The highest BCUT2D eigenvalue weighted by Crippen LogP contribution is 2.28. The van der Waals surface area contributed by atoms with Crippen molar-refractivity contribution in [2.45, 2.75) is 63.9 Å². The van der Waals surface area contributed by atoms with Crippen LogP contribution in [0.2, 0.25) is 0 Å². The number of benzene rings is 1. The number of carbonyl (C=O) groups is 1. The van der Waals surface area contributed by atoms with Crippen molar-refractivity contribution in [2.24, 2.45) is 0 Å². The standard InChI is InChI=1S/C24H34N4O2/c1-18-13-26-10-4-6-20(26)16-27(18)14-19-15-28(23-9-3-2-8-22(19)23)17-24(29)25-12-21-7-5-11-30-21/h2-3,8-9,15,18,20-21H,4-7,10-14,16-17H2,1H3,(H,25,29)/t18-,20-,21-/m0/s1. The molecule has 162 valence electrons. The molecule has 3 aliphatic rings. The quantitative estimate of drug-likeness (QED) is 0.795. The van der Waals surface area contributed by atoms with Crippen LogP contribution in [0.25, 0.3) is 10.9 Å². The third-order valence-corrected chi connectivity index (χ3v) is 7.18. The number of piperazine rings is 1. The molecule has 5 rings (SSSR count). The Bertz CT molecular complexity index is 888. The Morgan fingerprint density at radius 1 is 1.20 bits per heavy atom. The van der Waals surface area contributed by atoms with Gasteiger partial charge in [0, 0.05) is 62.0 Å². The van der Waals surface area contributed by atoms with E-state index in [1.165, 1.54) is 36.9 Å². The molecule has 3 fully saturated rings. The minimum Gasteiger partial charge on any atom is -0.376 e. The van der Waals surface area contributed by atoms with E-state index in [2.05, 4.69) is 57.1 Å². The summed E-state index contributed by atoms with van der Waals surface area (Å²) in [6.45, 7) is 8.70. The van der Waals surface area contributed by atoms with E-state index < -0.39 is 0 Å². The van der Waals surface area contributed by atoms with Crippen LogP contribution in [0.1, 0.15) is 38.2 Å². The number of hydrogen-bond donors (Lipinski definition) is 1. The van der Waals surface area contributed by atoms with Crippen molar-refractivity contribution in [2.75, 3.05) is 32.8 Å². The van der Waals surface area contributed by atoms with Gasteiger partial charge >= 0.3 is 0 Å². The SMILES string of the molecule is C[C@H]1CN2CCC[C@H]2CN1Cc1cn(CC(=O)NC[C@@H]2CCCO2)c2ccccc12. The Kier molecular flexibility index (Phi) is 5.81. The summed E-state index contributed by atoms with van der Waals surface area (Å²) in [5.41, 5.74) is 2.47. The second kappa shape index (κ2) is 8.69. The second-order valence-corrected chi connectivity index (χ2v) is 9.31. The third-order valence-electron chi connectivity index (χ3n) is 7.18. The molecule has 6 heteroatoms. The number of ether oxygens (including phenoxy) is 1. The van der Waals surface area contributed by atoms with E-state index in [0.29, 0.717) is 19.1 Å². The normalized spacial score (nSPS) is 27.6. The molecule has 0 aliphatic carbocycles. The number of para-hydroxylation sites is 1. The van der Waals surface area contributed by atoms with Crippen molar-refractivity contribution < 1.29 is 9.53 Å². The maximum Gasteiger partial charge on any atom is 0.240 e. The first-order valence-electron chi connectivity index (χ1n) is 11.6. The van der Waals surface area contributed by atoms with Gasteiger partial charge in [-0.25, -0.2) is 0 Å². The number of rotatable bonds is 6. The monoisotopic (exact) mass is 410 g/mol. The molecule has 1 aromatic carbocycles. The molecule has 3 atom stereocenters. The number of amides is 1. The Labute approximate surface area is 179 Å². The first-order chi connectivity index (χ1) is 14.7. The van der Waals surface area contributed by atoms with E-state index in [9.17, 15) is 4.79 Å². The maximum atomic E-state index is 12.6. The average molecular weight is 411 g/mol. The summed E-state index contributed by atoms with van der Waals surface area (Å²) >= 11 is 0. The molecule has 6 nitrogen and oxygen atoms in total. The van der Waals surface area contributed by atoms with Gasteiger partial charge in [0.2, 0.25) is 5.91 Å². The zero-order valence-corrected chi connectivity index (χ0v) is 18.1. The highest BCUT2D eigenvalue weighted by molar-refractivity contribution is 5.86. The largest absolute Gasteiger partial charge is 0.376 e. The fourth-order valence-corrected chi connectivity index (χ4v) is 5.51. The lowest BCUT2D eigenvalue weighted by molar-refractivity contribution is -0.122.